The van der Waals surface area contributed by atoms with Gasteiger partial charge in [0, 0.05) is 49.0 Å². The summed E-state index contributed by atoms with van der Waals surface area (Å²) in [7, 11) is 0. The van der Waals surface area contributed by atoms with Crippen LogP contribution in [0.15, 0.2) is 66.9 Å². The molecule has 0 saturated carbocycles. The number of ether oxygens (including phenoxy) is 1. The minimum Gasteiger partial charge on any atom is -0.457 e. The maximum atomic E-state index is 14.9. The molecule has 4 aromatic rings. The summed E-state index contributed by atoms with van der Waals surface area (Å²) in [4.78, 5) is 39.9. The fourth-order valence-electron chi connectivity index (χ4n) is 3.91. The highest BCUT2D eigenvalue weighted by Crippen LogP contribution is 2.28. The summed E-state index contributed by atoms with van der Waals surface area (Å²) in [6.07, 6.45) is 1.60. The summed E-state index contributed by atoms with van der Waals surface area (Å²) in [5.41, 5.74) is 2.65. The zero-order chi connectivity index (χ0) is 31.1. The predicted octanol–water partition coefficient (Wildman–Crippen LogP) is 5.20. The van der Waals surface area contributed by atoms with Gasteiger partial charge in [-0.25, -0.2) is 13.9 Å². The summed E-state index contributed by atoms with van der Waals surface area (Å²) in [5, 5.41) is 15.2. The van der Waals surface area contributed by atoms with E-state index in [1.807, 2.05) is 39.8 Å². The molecule has 224 valence electrons. The summed E-state index contributed by atoms with van der Waals surface area (Å²) in [6, 6.07) is 15.9. The molecule has 0 unspecified atom stereocenters. The van der Waals surface area contributed by atoms with E-state index in [9.17, 15) is 18.8 Å². The first kappa shape index (κ1) is 30.7. The van der Waals surface area contributed by atoms with E-state index in [1.54, 1.807) is 47.3 Å². The van der Waals surface area contributed by atoms with Crippen LogP contribution < -0.4 is 26.0 Å². The van der Waals surface area contributed by atoms with E-state index >= 15 is 0 Å². The molecule has 2 heterocycles. The highest BCUT2D eigenvalue weighted by atomic mass is 19.1. The van der Waals surface area contributed by atoms with Crippen molar-refractivity contribution < 1.29 is 23.5 Å². The van der Waals surface area contributed by atoms with Crippen LogP contribution in [0.3, 0.4) is 0 Å². The third-order valence-corrected chi connectivity index (χ3v) is 6.18. The van der Waals surface area contributed by atoms with Crippen LogP contribution in [-0.4, -0.2) is 39.2 Å². The molecule has 0 spiro atoms. The number of urea groups is 1. The smallest absolute Gasteiger partial charge is 0.324 e. The van der Waals surface area contributed by atoms with Crippen molar-refractivity contribution in [1.82, 2.24) is 25.4 Å². The summed E-state index contributed by atoms with van der Waals surface area (Å²) in [5.74, 6) is -0.0720. The van der Waals surface area contributed by atoms with E-state index in [1.165, 1.54) is 19.1 Å². The minimum atomic E-state index is -0.665. The Morgan fingerprint density at radius 1 is 0.930 bits per heavy atom. The predicted molar refractivity (Wildman–Crippen MR) is 161 cm³/mol. The molecule has 0 saturated heterocycles. The average molecular weight is 588 g/mol. The molecular formula is C31H34FN7O4. The van der Waals surface area contributed by atoms with Crippen LogP contribution in [-0.2, 0) is 21.5 Å². The number of carbonyl (C=O) groups excluding carboxylic acids is 3. The number of hydrogen-bond donors (Lipinski definition) is 4. The van der Waals surface area contributed by atoms with Crippen LogP contribution in [0.4, 0.5) is 20.7 Å². The zero-order valence-corrected chi connectivity index (χ0v) is 24.6. The van der Waals surface area contributed by atoms with E-state index in [-0.39, 0.29) is 41.8 Å². The standard InChI is InChI=1S/C31H34FN7O4/c1-19-14-24(12-13-33-19)43-23-10-11-26(25(32)15-23)36-30(42)37-28-16-27(31(3,4)5)38-39(28)22-8-6-21(7-9-22)17-35-29(41)18-34-20(2)40/h6-16H,17-18H2,1-5H3,(H,34,40)(H,35,41)(H2,36,37,42). The van der Waals surface area contributed by atoms with Crippen molar-refractivity contribution in [2.24, 2.45) is 0 Å². The molecule has 2 aromatic carbocycles. The van der Waals surface area contributed by atoms with E-state index < -0.39 is 11.8 Å². The number of aromatic nitrogens is 3. The summed E-state index contributed by atoms with van der Waals surface area (Å²) < 4.78 is 22.1. The number of halogens is 1. The van der Waals surface area contributed by atoms with Crippen molar-refractivity contribution in [1.29, 1.82) is 0 Å². The van der Waals surface area contributed by atoms with Crippen molar-refractivity contribution in [3.05, 3.63) is 89.6 Å². The van der Waals surface area contributed by atoms with Crippen LogP contribution >= 0.6 is 0 Å². The topological polar surface area (TPSA) is 139 Å². The van der Waals surface area contributed by atoms with E-state index in [0.717, 1.165) is 17.0 Å². The second kappa shape index (κ2) is 13.1. The van der Waals surface area contributed by atoms with Gasteiger partial charge in [0.2, 0.25) is 11.8 Å². The van der Waals surface area contributed by atoms with Gasteiger partial charge in [-0.3, -0.25) is 19.9 Å². The number of aryl methyl sites for hydroxylation is 1. The number of amides is 4. The van der Waals surface area contributed by atoms with E-state index in [0.29, 0.717) is 17.3 Å². The molecule has 4 N–H and O–H groups in total. The molecule has 0 fully saturated rings. The van der Waals surface area contributed by atoms with Gasteiger partial charge in [0.05, 0.1) is 23.6 Å². The van der Waals surface area contributed by atoms with Crippen molar-refractivity contribution >= 4 is 29.4 Å². The lowest BCUT2D eigenvalue weighted by atomic mass is 9.92. The largest absolute Gasteiger partial charge is 0.457 e. The lowest BCUT2D eigenvalue weighted by Gasteiger charge is -2.14. The van der Waals surface area contributed by atoms with Gasteiger partial charge in [0.25, 0.3) is 0 Å². The van der Waals surface area contributed by atoms with Gasteiger partial charge in [0.15, 0.2) is 0 Å². The molecule has 0 aliphatic rings. The number of rotatable bonds is 9. The van der Waals surface area contributed by atoms with Crippen molar-refractivity contribution in [3.8, 4) is 17.2 Å². The first-order valence-electron chi connectivity index (χ1n) is 13.6. The van der Waals surface area contributed by atoms with E-state index in [4.69, 9.17) is 9.84 Å². The van der Waals surface area contributed by atoms with Crippen LogP contribution in [0.25, 0.3) is 5.69 Å². The number of carbonyl (C=O) groups is 3. The lowest BCUT2D eigenvalue weighted by Crippen LogP contribution is -2.35. The molecule has 2 aromatic heterocycles. The van der Waals surface area contributed by atoms with Gasteiger partial charge in [-0.15, -0.1) is 0 Å². The normalized spacial score (nSPS) is 11.0. The number of nitrogens with one attached hydrogen (secondary N) is 4. The minimum absolute atomic E-state index is 0.0252. The van der Waals surface area contributed by atoms with Gasteiger partial charge in [-0.05, 0) is 42.8 Å². The average Bonchev–Trinajstić information content (AvgIpc) is 3.37. The number of pyridine rings is 1. The number of benzene rings is 2. The quantitative estimate of drug-likeness (QED) is 0.212. The van der Waals surface area contributed by atoms with E-state index in [2.05, 4.69) is 26.3 Å². The van der Waals surface area contributed by atoms with Gasteiger partial charge in [-0.2, -0.15) is 5.10 Å². The fourth-order valence-corrected chi connectivity index (χ4v) is 3.91. The third kappa shape index (κ3) is 8.62. The highest BCUT2D eigenvalue weighted by Gasteiger charge is 2.22. The Labute approximate surface area is 248 Å². The molecule has 4 amide bonds. The fraction of sp³-hybridized carbons (Fsp3) is 0.258. The number of anilines is 2. The molecule has 43 heavy (non-hydrogen) atoms. The maximum Gasteiger partial charge on any atom is 0.324 e. The molecule has 0 radical (unpaired) electrons. The highest BCUT2D eigenvalue weighted by molar-refractivity contribution is 5.99. The third-order valence-electron chi connectivity index (χ3n) is 6.18. The molecular weight excluding hydrogens is 553 g/mol. The first-order valence-corrected chi connectivity index (χ1v) is 13.6. The summed E-state index contributed by atoms with van der Waals surface area (Å²) >= 11 is 0. The second-order valence-corrected chi connectivity index (χ2v) is 10.9. The molecule has 11 nitrogen and oxygen atoms in total. The molecule has 0 aliphatic carbocycles. The van der Waals surface area contributed by atoms with Crippen LogP contribution in [0, 0.1) is 12.7 Å². The molecule has 0 atom stereocenters. The van der Waals surface area contributed by atoms with Gasteiger partial charge in [-0.1, -0.05) is 32.9 Å². The Kier molecular flexibility index (Phi) is 9.39. The summed E-state index contributed by atoms with van der Waals surface area (Å²) in [6.45, 7) is 9.35. The zero-order valence-electron chi connectivity index (χ0n) is 24.6. The van der Waals surface area contributed by atoms with Crippen LogP contribution in [0.5, 0.6) is 11.5 Å². The molecule has 4 rings (SSSR count). The molecule has 12 heteroatoms. The first-order chi connectivity index (χ1) is 20.4. The molecule has 0 bridgehead atoms. The van der Waals surface area contributed by atoms with Crippen LogP contribution in [0.1, 0.15) is 44.6 Å². The second-order valence-electron chi connectivity index (χ2n) is 10.9. The Morgan fingerprint density at radius 3 is 2.30 bits per heavy atom. The van der Waals surface area contributed by atoms with Gasteiger partial charge in [0.1, 0.15) is 23.1 Å². The Morgan fingerprint density at radius 2 is 1.65 bits per heavy atom. The van der Waals surface area contributed by atoms with Crippen molar-refractivity contribution in [3.63, 3.8) is 0 Å². The maximum absolute atomic E-state index is 14.9. The molecule has 0 aliphatic heterocycles. The Hall–Kier alpha value is -5.26. The van der Waals surface area contributed by atoms with Crippen LogP contribution in [0.2, 0.25) is 0 Å². The van der Waals surface area contributed by atoms with Gasteiger partial charge >= 0.3 is 6.03 Å². The van der Waals surface area contributed by atoms with Gasteiger partial charge < -0.3 is 20.7 Å². The van der Waals surface area contributed by atoms with Crippen molar-refractivity contribution in [2.45, 2.75) is 46.6 Å². The lowest BCUT2D eigenvalue weighted by molar-refractivity contribution is -0.125. The number of nitrogens with zero attached hydrogens (tertiary/aromatic N) is 3. The van der Waals surface area contributed by atoms with Crippen molar-refractivity contribution in [2.75, 3.05) is 17.2 Å². The Balaban J connectivity index is 1.45. The monoisotopic (exact) mass is 587 g/mol. The SMILES string of the molecule is CC(=O)NCC(=O)NCc1ccc(-n2nc(C(C)(C)C)cc2NC(=O)Nc2ccc(Oc3ccnc(C)c3)cc2F)cc1. The number of hydrogen-bond acceptors (Lipinski definition) is 6. The Bertz CT molecular complexity index is 1630.